The van der Waals surface area contributed by atoms with Gasteiger partial charge in [0.15, 0.2) is 0 Å². The maximum atomic E-state index is 6.00. The second kappa shape index (κ2) is 6.29. The average molecular weight is 278 g/mol. The van der Waals surface area contributed by atoms with Gasteiger partial charge >= 0.3 is 0 Å². The van der Waals surface area contributed by atoms with Gasteiger partial charge in [0, 0.05) is 11.6 Å². The lowest BCUT2D eigenvalue weighted by atomic mass is 10.2. The molecule has 1 aromatic carbocycles. The molecule has 0 bridgehead atoms. The Kier molecular flexibility index (Phi) is 4.47. The summed E-state index contributed by atoms with van der Waals surface area (Å²) >= 11 is 6.00. The molecule has 5 heteroatoms. The summed E-state index contributed by atoms with van der Waals surface area (Å²) in [5.41, 5.74) is 2.65. The molecule has 100 valence electrons. The lowest BCUT2D eigenvalue weighted by Gasteiger charge is -2.12. The van der Waals surface area contributed by atoms with Crippen molar-refractivity contribution in [3.63, 3.8) is 0 Å². The molecule has 19 heavy (non-hydrogen) atoms. The van der Waals surface area contributed by atoms with E-state index in [1.165, 1.54) is 0 Å². The second-order valence-electron chi connectivity index (χ2n) is 3.96. The number of ether oxygens (including phenoxy) is 1. The van der Waals surface area contributed by atoms with Crippen molar-refractivity contribution in [3.8, 4) is 5.75 Å². The molecule has 0 spiro atoms. The number of nitrogens with one attached hydrogen (secondary N) is 2. The quantitative estimate of drug-likeness (QED) is 0.870. The molecule has 2 aromatic rings. The van der Waals surface area contributed by atoms with Crippen molar-refractivity contribution >= 4 is 28.7 Å². The minimum absolute atomic E-state index is 0.652. The standard InChI is InChI=1S/C14H16ClN3O/c1-3-17-11-7-12(9-16-8-11)18-13-6-10(15)4-5-14(13)19-2/h4-9,17-18H,3H2,1-2H3. The molecule has 0 aliphatic heterocycles. The van der Waals surface area contributed by atoms with Crippen LogP contribution in [0.2, 0.25) is 5.02 Å². The lowest BCUT2D eigenvalue weighted by molar-refractivity contribution is 0.417. The van der Waals surface area contributed by atoms with Crippen LogP contribution in [0, 0.1) is 0 Å². The third-order valence-corrected chi connectivity index (χ3v) is 2.79. The van der Waals surface area contributed by atoms with Gasteiger partial charge in [-0.3, -0.25) is 4.98 Å². The summed E-state index contributed by atoms with van der Waals surface area (Å²) in [7, 11) is 1.63. The summed E-state index contributed by atoms with van der Waals surface area (Å²) in [4.78, 5) is 4.18. The van der Waals surface area contributed by atoms with Crippen LogP contribution in [0.25, 0.3) is 0 Å². The highest BCUT2D eigenvalue weighted by atomic mass is 35.5. The predicted molar refractivity (Wildman–Crippen MR) is 79.7 cm³/mol. The Morgan fingerprint density at radius 2 is 2.00 bits per heavy atom. The highest BCUT2D eigenvalue weighted by Crippen LogP contribution is 2.30. The van der Waals surface area contributed by atoms with Crippen LogP contribution in [-0.4, -0.2) is 18.6 Å². The van der Waals surface area contributed by atoms with Crippen molar-refractivity contribution in [1.82, 2.24) is 4.98 Å². The fraction of sp³-hybridized carbons (Fsp3) is 0.214. The molecule has 0 atom stereocenters. The molecule has 0 unspecified atom stereocenters. The number of halogens is 1. The molecular weight excluding hydrogens is 262 g/mol. The van der Waals surface area contributed by atoms with E-state index in [-0.39, 0.29) is 0 Å². The number of hydrogen-bond acceptors (Lipinski definition) is 4. The Balaban J connectivity index is 2.25. The molecule has 0 aliphatic carbocycles. The Labute approximate surface area is 117 Å². The maximum Gasteiger partial charge on any atom is 0.142 e. The molecule has 0 radical (unpaired) electrons. The molecule has 0 saturated carbocycles. The fourth-order valence-corrected chi connectivity index (χ4v) is 1.91. The van der Waals surface area contributed by atoms with Gasteiger partial charge in [0.2, 0.25) is 0 Å². The number of nitrogens with zero attached hydrogens (tertiary/aromatic N) is 1. The number of pyridine rings is 1. The van der Waals surface area contributed by atoms with Gasteiger partial charge in [-0.05, 0) is 31.2 Å². The lowest BCUT2D eigenvalue weighted by Crippen LogP contribution is -1.99. The van der Waals surface area contributed by atoms with E-state index in [9.17, 15) is 0 Å². The molecule has 0 fully saturated rings. The van der Waals surface area contributed by atoms with Crippen molar-refractivity contribution in [3.05, 3.63) is 41.7 Å². The molecule has 1 heterocycles. The van der Waals surface area contributed by atoms with Crippen LogP contribution >= 0.6 is 11.6 Å². The third kappa shape index (κ3) is 3.51. The van der Waals surface area contributed by atoms with E-state index < -0.39 is 0 Å². The number of benzene rings is 1. The molecule has 4 nitrogen and oxygen atoms in total. The molecule has 2 rings (SSSR count). The van der Waals surface area contributed by atoms with Crippen LogP contribution in [-0.2, 0) is 0 Å². The van der Waals surface area contributed by atoms with E-state index >= 15 is 0 Å². The molecule has 0 amide bonds. The molecule has 2 N–H and O–H groups in total. The SMILES string of the molecule is CCNc1cncc(Nc2cc(Cl)ccc2OC)c1. The van der Waals surface area contributed by atoms with E-state index in [4.69, 9.17) is 16.3 Å². The van der Waals surface area contributed by atoms with Crippen LogP contribution in [0.4, 0.5) is 17.1 Å². The summed E-state index contributed by atoms with van der Waals surface area (Å²) in [5, 5.41) is 7.12. The fourth-order valence-electron chi connectivity index (χ4n) is 1.74. The first-order chi connectivity index (χ1) is 9.22. The molecule has 1 aromatic heterocycles. The van der Waals surface area contributed by atoms with Gasteiger partial charge in [-0.25, -0.2) is 0 Å². The maximum absolute atomic E-state index is 6.00. The van der Waals surface area contributed by atoms with Gasteiger partial charge in [-0.1, -0.05) is 11.6 Å². The smallest absolute Gasteiger partial charge is 0.142 e. The zero-order valence-corrected chi connectivity index (χ0v) is 11.7. The van der Waals surface area contributed by atoms with E-state index in [1.807, 2.05) is 25.1 Å². The van der Waals surface area contributed by atoms with Crippen LogP contribution in [0.5, 0.6) is 5.75 Å². The number of aromatic nitrogens is 1. The van der Waals surface area contributed by atoms with Crippen molar-refractivity contribution < 1.29 is 4.74 Å². The Morgan fingerprint density at radius 1 is 1.21 bits per heavy atom. The van der Waals surface area contributed by atoms with Crippen molar-refractivity contribution in [2.24, 2.45) is 0 Å². The Hall–Kier alpha value is -1.94. The summed E-state index contributed by atoms with van der Waals surface area (Å²) in [6, 6.07) is 7.42. The van der Waals surface area contributed by atoms with Gasteiger partial charge in [-0.15, -0.1) is 0 Å². The van der Waals surface area contributed by atoms with Gasteiger partial charge in [0.25, 0.3) is 0 Å². The third-order valence-electron chi connectivity index (χ3n) is 2.56. The number of rotatable bonds is 5. The normalized spacial score (nSPS) is 10.1. The van der Waals surface area contributed by atoms with E-state index in [0.29, 0.717) is 5.02 Å². The van der Waals surface area contributed by atoms with Crippen molar-refractivity contribution in [2.45, 2.75) is 6.92 Å². The van der Waals surface area contributed by atoms with Gasteiger partial charge in [0.05, 0.1) is 36.6 Å². The topological polar surface area (TPSA) is 46.2 Å². The second-order valence-corrected chi connectivity index (χ2v) is 4.40. The zero-order chi connectivity index (χ0) is 13.7. The zero-order valence-electron chi connectivity index (χ0n) is 10.9. The van der Waals surface area contributed by atoms with E-state index in [2.05, 4.69) is 15.6 Å². The Morgan fingerprint density at radius 3 is 2.74 bits per heavy atom. The summed E-state index contributed by atoms with van der Waals surface area (Å²) in [6.45, 7) is 2.89. The summed E-state index contributed by atoms with van der Waals surface area (Å²) < 4.78 is 5.29. The molecule has 0 saturated heterocycles. The number of anilines is 3. The summed E-state index contributed by atoms with van der Waals surface area (Å²) in [6.07, 6.45) is 3.53. The summed E-state index contributed by atoms with van der Waals surface area (Å²) in [5.74, 6) is 0.734. The highest BCUT2D eigenvalue weighted by molar-refractivity contribution is 6.31. The highest BCUT2D eigenvalue weighted by Gasteiger charge is 2.05. The van der Waals surface area contributed by atoms with Gasteiger partial charge in [-0.2, -0.15) is 0 Å². The number of hydrogen-bond donors (Lipinski definition) is 2. The monoisotopic (exact) mass is 277 g/mol. The first-order valence-electron chi connectivity index (χ1n) is 6.02. The Bertz CT molecular complexity index is 560. The van der Waals surface area contributed by atoms with E-state index in [1.54, 1.807) is 25.6 Å². The average Bonchev–Trinajstić information content (AvgIpc) is 2.40. The minimum atomic E-state index is 0.652. The van der Waals surface area contributed by atoms with Crippen LogP contribution < -0.4 is 15.4 Å². The first kappa shape index (κ1) is 13.5. The predicted octanol–water partition coefficient (Wildman–Crippen LogP) is 3.92. The minimum Gasteiger partial charge on any atom is -0.495 e. The molecule has 0 aliphatic rings. The van der Waals surface area contributed by atoms with Crippen molar-refractivity contribution in [2.75, 3.05) is 24.3 Å². The molecular formula is C14H16ClN3O. The van der Waals surface area contributed by atoms with Gasteiger partial charge < -0.3 is 15.4 Å². The van der Waals surface area contributed by atoms with Gasteiger partial charge in [0.1, 0.15) is 5.75 Å². The first-order valence-corrected chi connectivity index (χ1v) is 6.40. The van der Waals surface area contributed by atoms with Crippen LogP contribution in [0.3, 0.4) is 0 Å². The number of methoxy groups -OCH3 is 1. The van der Waals surface area contributed by atoms with E-state index in [0.717, 1.165) is 29.4 Å². The van der Waals surface area contributed by atoms with Crippen LogP contribution in [0.15, 0.2) is 36.7 Å². The largest absolute Gasteiger partial charge is 0.495 e. The van der Waals surface area contributed by atoms with Crippen molar-refractivity contribution in [1.29, 1.82) is 0 Å². The van der Waals surface area contributed by atoms with Crippen LogP contribution in [0.1, 0.15) is 6.92 Å².